The number of hydrogen-bond donors (Lipinski definition) is 1. The number of aromatic nitrogens is 3. The van der Waals surface area contributed by atoms with Gasteiger partial charge >= 0.3 is 0 Å². The molecule has 1 aliphatic carbocycles. The molecule has 1 heterocycles. The van der Waals surface area contributed by atoms with Crippen LogP contribution < -0.4 is 5.32 Å². The van der Waals surface area contributed by atoms with E-state index in [1.807, 2.05) is 0 Å². The van der Waals surface area contributed by atoms with Gasteiger partial charge in [0.1, 0.15) is 19.2 Å². The summed E-state index contributed by atoms with van der Waals surface area (Å²) in [7, 11) is 0. The normalized spacial score (nSPS) is 15.6. The molecule has 1 amide bonds. The van der Waals surface area contributed by atoms with Crippen LogP contribution in [-0.2, 0) is 11.3 Å². The zero-order chi connectivity index (χ0) is 11.2. The van der Waals surface area contributed by atoms with E-state index >= 15 is 0 Å². The van der Waals surface area contributed by atoms with Crippen LogP contribution in [0.5, 0.6) is 0 Å². The fourth-order valence-electron chi connectivity index (χ4n) is 1.80. The summed E-state index contributed by atoms with van der Waals surface area (Å²) in [6, 6.07) is 0. The second kappa shape index (κ2) is 5.44. The van der Waals surface area contributed by atoms with E-state index in [1.54, 1.807) is 17.2 Å². The first-order valence-electron chi connectivity index (χ1n) is 5.61. The molecule has 5 heteroatoms. The van der Waals surface area contributed by atoms with E-state index in [4.69, 9.17) is 0 Å². The number of amides is 1. The Hall–Kier alpha value is -1.65. The average molecular weight is 220 g/mol. The third kappa shape index (κ3) is 3.18. The standard InChI is InChI=1S/C11H16N4O/c16-11(7-15-8-13-14-9-15)12-6-10-4-2-1-3-5-10/h4,8-9H,1-3,5-7H2,(H,12,16). The molecule has 0 fully saturated rings. The van der Waals surface area contributed by atoms with Gasteiger partial charge in [0.2, 0.25) is 5.91 Å². The molecule has 0 saturated carbocycles. The lowest BCUT2D eigenvalue weighted by Gasteiger charge is -2.13. The summed E-state index contributed by atoms with van der Waals surface area (Å²) in [6.07, 6.45) is 10.1. The first-order valence-corrected chi connectivity index (χ1v) is 5.61. The minimum absolute atomic E-state index is 0.00581. The number of rotatable bonds is 4. The van der Waals surface area contributed by atoms with Crippen molar-refractivity contribution in [2.75, 3.05) is 6.54 Å². The third-order valence-corrected chi connectivity index (χ3v) is 2.69. The molecule has 0 spiro atoms. The van der Waals surface area contributed by atoms with Gasteiger partial charge in [0.25, 0.3) is 0 Å². The van der Waals surface area contributed by atoms with Crippen molar-refractivity contribution in [2.45, 2.75) is 32.2 Å². The predicted octanol–water partition coefficient (Wildman–Crippen LogP) is 0.895. The summed E-state index contributed by atoms with van der Waals surface area (Å²) in [5.74, 6) is 0.00581. The van der Waals surface area contributed by atoms with E-state index in [0.29, 0.717) is 13.1 Å². The molecule has 0 atom stereocenters. The molecule has 0 saturated heterocycles. The molecule has 86 valence electrons. The smallest absolute Gasteiger partial charge is 0.240 e. The predicted molar refractivity (Wildman–Crippen MR) is 59.6 cm³/mol. The monoisotopic (exact) mass is 220 g/mol. The topological polar surface area (TPSA) is 59.8 Å². The number of carbonyl (C=O) groups excluding carboxylic acids is 1. The Morgan fingerprint density at radius 2 is 2.19 bits per heavy atom. The van der Waals surface area contributed by atoms with Crippen molar-refractivity contribution < 1.29 is 4.79 Å². The van der Waals surface area contributed by atoms with Crippen molar-refractivity contribution in [3.63, 3.8) is 0 Å². The molecule has 1 aromatic rings. The van der Waals surface area contributed by atoms with Crippen molar-refractivity contribution in [3.8, 4) is 0 Å². The lowest BCUT2D eigenvalue weighted by Crippen LogP contribution is -2.29. The van der Waals surface area contributed by atoms with Crippen molar-refractivity contribution in [1.29, 1.82) is 0 Å². The molecule has 0 unspecified atom stereocenters. The maximum absolute atomic E-state index is 11.5. The number of carbonyl (C=O) groups is 1. The van der Waals surface area contributed by atoms with Gasteiger partial charge in [-0.15, -0.1) is 10.2 Å². The van der Waals surface area contributed by atoms with E-state index in [2.05, 4.69) is 21.6 Å². The second-order valence-electron chi connectivity index (χ2n) is 4.02. The molecular formula is C11H16N4O. The van der Waals surface area contributed by atoms with Gasteiger partial charge in [0.15, 0.2) is 0 Å². The van der Waals surface area contributed by atoms with Crippen LogP contribution in [0.3, 0.4) is 0 Å². The maximum Gasteiger partial charge on any atom is 0.240 e. The van der Waals surface area contributed by atoms with Crippen LogP contribution in [0, 0.1) is 0 Å². The van der Waals surface area contributed by atoms with Gasteiger partial charge in [0.05, 0.1) is 0 Å². The Labute approximate surface area is 94.6 Å². The van der Waals surface area contributed by atoms with Crippen LogP contribution in [0.2, 0.25) is 0 Å². The summed E-state index contributed by atoms with van der Waals surface area (Å²) in [5, 5.41) is 10.2. The van der Waals surface area contributed by atoms with Gasteiger partial charge in [-0.2, -0.15) is 0 Å². The number of hydrogen-bond acceptors (Lipinski definition) is 3. The molecule has 2 rings (SSSR count). The van der Waals surface area contributed by atoms with Crippen LogP contribution >= 0.6 is 0 Å². The molecule has 1 aliphatic rings. The van der Waals surface area contributed by atoms with Crippen LogP contribution in [-0.4, -0.2) is 27.2 Å². The Morgan fingerprint density at radius 3 is 2.88 bits per heavy atom. The van der Waals surface area contributed by atoms with Gasteiger partial charge in [-0.1, -0.05) is 11.6 Å². The van der Waals surface area contributed by atoms with Crippen molar-refractivity contribution >= 4 is 5.91 Å². The van der Waals surface area contributed by atoms with E-state index in [9.17, 15) is 4.79 Å². The lowest BCUT2D eigenvalue weighted by atomic mass is 10.00. The molecule has 0 aliphatic heterocycles. The maximum atomic E-state index is 11.5. The van der Waals surface area contributed by atoms with E-state index < -0.39 is 0 Å². The summed E-state index contributed by atoms with van der Waals surface area (Å²) in [5.41, 5.74) is 1.35. The average Bonchev–Trinajstić information content (AvgIpc) is 2.81. The van der Waals surface area contributed by atoms with Gasteiger partial charge in [0, 0.05) is 6.54 Å². The Morgan fingerprint density at radius 1 is 1.38 bits per heavy atom. The van der Waals surface area contributed by atoms with E-state index in [0.717, 1.165) is 12.8 Å². The van der Waals surface area contributed by atoms with Crippen LogP contribution in [0.4, 0.5) is 0 Å². The second-order valence-corrected chi connectivity index (χ2v) is 4.02. The quantitative estimate of drug-likeness (QED) is 0.767. The number of nitrogens with zero attached hydrogens (tertiary/aromatic N) is 3. The Balaban J connectivity index is 1.73. The summed E-state index contributed by atoms with van der Waals surface area (Å²) >= 11 is 0. The summed E-state index contributed by atoms with van der Waals surface area (Å²) in [4.78, 5) is 11.5. The molecule has 5 nitrogen and oxygen atoms in total. The Bertz CT molecular complexity index is 369. The largest absolute Gasteiger partial charge is 0.351 e. The van der Waals surface area contributed by atoms with Crippen molar-refractivity contribution in [2.24, 2.45) is 0 Å². The fourth-order valence-corrected chi connectivity index (χ4v) is 1.80. The summed E-state index contributed by atoms with van der Waals surface area (Å²) < 4.78 is 1.66. The van der Waals surface area contributed by atoms with Gasteiger partial charge < -0.3 is 9.88 Å². The van der Waals surface area contributed by atoms with Crippen LogP contribution in [0.1, 0.15) is 25.7 Å². The van der Waals surface area contributed by atoms with Gasteiger partial charge in [-0.3, -0.25) is 4.79 Å². The highest BCUT2D eigenvalue weighted by atomic mass is 16.1. The first kappa shape index (κ1) is 10.9. The highest BCUT2D eigenvalue weighted by Crippen LogP contribution is 2.16. The van der Waals surface area contributed by atoms with Crippen molar-refractivity contribution in [3.05, 3.63) is 24.3 Å². The molecule has 1 N–H and O–H groups in total. The van der Waals surface area contributed by atoms with E-state index in [1.165, 1.54) is 18.4 Å². The Kier molecular flexibility index (Phi) is 3.69. The SMILES string of the molecule is O=C(Cn1cnnc1)NCC1=CCCCC1. The van der Waals surface area contributed by atoms with Crippen LogP contribution in [0.25, 0.3) is 0 Å². The first-order chi connectivity index (χ1) is 7.84. The third-order valence-electron chi connectivity index (χ3n) is 2.69. The fraction of sp³-hybridized carbons (Fsp3) is 0.545. The zero-order valence-electron chi connectivity index (χ0n) is 9.22. The molecule has 0 bridgehead atoms. The minimum Gasteiger partial charge on any atom is -0.351 e. The van der Waals surface area contributed by atoms with E-state index in [-0.39, 0.29) is 5.91 Å². The highest BCUT2D eigenvalue weighted by molar-refractivity contribution is 5.75. The molecule has 1 aromatic heterocycles. The van der Waals surface area contributed by atoms with Crippen molar-refractivity contribution in [1.82, 2.24) is 20.1 Å². The number of allylic oxidation sites excluding steroid dienone is 1. The molecule has 16 heavy (non-hydrogen) atoms. The molecular weight excluding hydrogens is 204 g/mol. The minimum atomic E-state index is 0.00581. The molecule has 0 aromatic carbocycles. The zero-order valence-corrected chi connectivity index (χ0v) is 9.22. The lowest BCUT2D eigenvalue weighted by molar-refractivity contribution is -0.121. The van der Waals surface area contributed by atoms with Gasteiger partial charge in [-0.05, 0) is 25.7 Å². The number of nitrogens with one attached hydrogen (secondary N) is 1. The highest BCUT2D eigenvalue weighted by Gasteiger charge is 2.06. The van der Waals surface area contributed by atoms with Gasteiger partial charge in [-0.25, -0.2) is 0 Å². The molecule has 0 radical (unpaired) electrons. The summed E-state index contributed by atoms with van der Waals surface area (Å²) in [6.45, 7) is 0.973. The van der Waals surface area contributed by atoms with Crippen LogP contribution in [0.15, 0.2) is 24.3 Å².